The third kappa shape index (κ3) is 9.10. The maximum atomic E-state index is 13.5. The number of carbonyl (C=O) groups is 1. The van der Waals surface area contributed by atoms with E-state index in [1.165, 1.54) is 37.0 Å². The molecule has 0 radical (unpaired) electrons. The molecule has 5 nitrogen and oxygen atoms in total. The fraction of sp³-hybridized carbons (Fsp3) is 0.441. The topological polar surface area (TPSA) is 70.4 Å². The van der Waals surface area contributed by atoms with Crippen molar-refractivity contribution in [3.63, 3.8) is 0 Å². The van der Waals surface area contributed by atoms with E-state index in [0.717, 1.165) is 51.0 Å². The number of hydrogen-bond acceptors (Lipinski definition) is 4. The van der Waals surface area contributed by atoms with E-state index in [-0.39, 0.29) is 5.91 Å². The Morgan fingerprint density at radius 3 is 2.37 bits per heavy atom. The molecule has 1 heterocycles. The molecule has 4 N–H and O–H groups in total. The summed E-state index contributed by atoms with van der Waals surface area (Å²) >= 11 is 0. The first-order valence-electron chi connectivity index (χ1n) is 15.0. The van der Waals surface area contributed by atoms with E-state index < -0.39 is 11.6 Å². The van der Waals surface area contributed by atoms with Gasteiger partial charge in [-0.3, -0.25) is 4.79 Å². The summed E-state index contributed by atoms with van der Waals surface area (Å²) in [4.78, 5) is 15.1. The van der Waals surface area contributed by atoms with Crippen LogP contribution in [-0.2, 0) is 6.42 Å². The number of amides is 1. The highest BCUT2D eigenvalue weighted by Gasteiger charge is 2.38. The summed E-state index contributed by atoms with van der Waals surface area (Å²) in [6, 6.07) is 19.7. The van der Waals surface area contributed by atoms with E-state index in [1.807, 2.05) is 36.4 Å². The quantitative estimate of drug-likeness (QED) is 0.233. The Bertz CT molecular complexity index is 1260. The number of nitrogens with one attached hydrogen (secondary N) is 2. The summed E-state index contributed by atoms with van der Waals surface area (Å²) in [6.45, 7) is 8.56. The highest BCUT2D eigenvalue weighted by atomic mass is 19.2. The van der Waals surface area contributed by atoms with Crippen molar-refractivity contribution < 1.29 is 13.6 Å². The van der Waals surface area contributed by atoms with Gasteiger partial charge in [0.25, 0.3) is 5.91 Å². The number of aryl methyl sites for hydroxylation is 1. The van der Waals surface area contributed by atoms with E-state index in [0.29, 0.717) is 34.8 Å². The first-order valence-corrected chi connectivity index (χ1v) is 15.0. The van der Waals surface area contributed by atoms with Gasteiger partial charge in [0.15, 0.2) is 11.6 Å². The number of benzene rings is 3. The summed E-state index contributed by atoms with van der Waals surface area (Å²) in [5.74, 6) is -0.722. The van der Waals surface area contributed by atoms with Crippen LogP contribution >= 0.6 is 0 Å². The number of halogens is 2. The normalized spacial score (nSPS) is 18.8. The fourth-order valence-electron chi connectivity index (χ4n) is 5.40. The molecular formula is C34H44F2N4O. The standard InChI is InChI=1S/C31H36F2N4O.C3H8/c32-26-12-11-24(18-27(26)33)25-19-30(25)35-20-22-13-16-37(17-14-22)15-3-4-21-7-9-23(10-8-21)31(38)36-29-6-2-1-5-28(29)34;1-3-2/h1-2,5-12,18,22,25,30,35H,3-4,13-17,19-20,34H2,(H,36,38);3H2,1-2H3. The molecule has 2 fully saturated rings. The predicted octanol–water partition coefficient (Wildman–Crippen LogP) is 7.01. The van der Waals surface area contributed by atoms with Crippen LogP contribution in [0.4, 0.5) is 20.2 Å². The molecule has 220 valence electrons. The smallest absolute Gasteiger partial charge is 0.255 e. The van der Waals surface area contributed by atoms with Gasteiger partial charge in [-0.25, -0.2) is 8.78 Å². The summed E-state index contributed by atoms with van der Waals surface area (Å²) in [6.07, 6.45) is 6.70. The number of nitrogens with two attached hydrogens (primary N) is 1. The zero-order chi connectivity index (χ0) is 29.2. The van der Waals surface area contributed by atoms with Crippen molar-refractivity contribution in [1.29, 1.82) is 0 Å². The molecule has 5 rings (SSSR count). The van der Waals surface area contributed by atoms with E-state index in [4.69, 9.17) is 5.73 Å². The van der Waals surface area contributed by atoms with Crippen LogP contribution in [0.15, 0.2) is 66.7 Å². The van der Waals surface area contributed by atoms with Gasteiger partial charge in [0.2, 0.25) is 0 Å². The first kappa shape index (κ1) is 30.7. The Morgan fingerprint density at radius 2 is 1.68 bits per heavy atom. The summed E-state index contributed by atoms with van der Waals surface area (Å²) in [5.41, 5.74) is 9.84. The van der Waals surface area contributed by atoms with Gasteiger partial charge >= 0.3 is 0 Å². The van der Waals surface area contributed by atoms with Gasteiger partial charge in [0.05, 0.1) is 11.4 Å². The maximum absolute atomic E-state index is 13.5. The molecule has 2 atom stereocenters. The van der Waals surface area contributed by atoms with Gasteiger partial charge < -0.3 is 21.3 Å². The molecule has 3 aromatic carbocycles. The zero-order valence-corrected chi connectivity index (χ0v) is 24.3. The van der Waals surface area contributed by atoms with E-state index >= 15 is 0 Å². The third-order valence-electron chi connectivity index (χ3n) is 7.90. The van der Waals surface area contributed by atoms with Crippen LogP contribution in [0.1, 0.15) is 73.4 Å². The van der Waals surface area contributed by atoms with Crippen molar-refractivity contribution in [1.82, 2.24) is 10.2 Å². The molecule has 41 heavy (non-hydrogen) atoms. The molecule has 2 unspecified atom stereocenters. The SMILES string of the molecule is CCC.Nc1ccccc1NC(=O)c1ccc(CCCN2CCC(CNC3CC3c3ccc(F)c(F)c3)CC2)cc1. The Labute approximate surface area is 243 Å². The lowest BCUT2D eigenvalue weighted by Gasteiger charge is -2.32. The highest BCUT2D eigenvalue weighted by molar-refractivity contribution is 6.05. The molecule has 0 spiro atoms. The average Bonchev–Trinajstić information content (AvgIpc) is 3.76. The predicted molar refractivity (Wildman–Crippen MR) is 164 cm³/mol. The lowest BCUT2D eigenvalue weighted by molar-refractivity contribution is 0.102. The fourth-order valence-corrected chi connectivity index (χ4v) is 5.40. The molecule has 0 aromatic heterocycles. The van der Waals surface area contributed by atoms with Crippen molar-refractivity contribution in [2.75, 3.05) is 37.2 Å². The number of nitrogen functional groups attached to an aromatic ring is 1. The number of anilines is 2. The van der Waals surface area contributed by atoms with Crippen molar-refractivity contribution in [3.8, 4) is 0 Å². The minimum Gasteiger partial charge on any atom is -0.397 e. The van der Waals surface area contributed by atoms with Gasteiger partial charge in [-0.05, 0) is 112 Å². The summed E-state index contributed by atoms with van der Waals surface area (Å²) < 4.78 is 26.7. The van der Waals surface area contributed by atoms with Crippen molar-refractivity contribution >= 4 is 17.3 Å². The van der Waals surface area contributed by atoms with E-state index in [2.05, 4.69) is 29.4 Å². The van der Waals surface area contributed by atoms with E-state index in [1.54, 1.807) is 18.2 Å². The number of carbonyl (C=O) groups excluding carboxylic acids is 1. The van der Waals surface area contributed by atoms with Crippen LogP contribution in [0.25, 0.3) is 0 Å². The minimum absolute atomic E-state index is 0.159. The van der Waals surface area contributed by atoms with Gasteiger partial charge in [-0.1, -0.05) is 50.6 Å². The second kappa shape index (κ2) is 15.1. The minimum atomic E-state index is -0.779. The van der Waals surface area contributed by atoms with Crippen molar-refractivity contribution in [2.24, 2.45) is 5.92 Å². The Balaban J connectivity index is 0.00000124. The molecule has 1 saturated carbocycles. The molecule has 0 bridgehead atoms. The Morgan fingerprint density at radius 1 is 0.976 bits per heavy atom. The number of nitrogens with zero attached hydrogens (tertiary/aromatic N) is 1. The van der Waals surface area contributed by atoms with Crippen molar-refractivity contribution in [3.05, 3.63) is 95.1 Å². The van der Waals surface area contributed by atoms with Crippen LogP contribution < -0.4 is 16.4 Å². The maximum Gasteiger partial charge on any atom is 0.255 e. The van der Waals surface area contributed by atoms with Gasteiger partial charge in [0, 0.05) is 17.5 Å². The number of piperidine rings is 1. The molecule has 7 heteroatoms. The second-order valence-corrected chi connectivity index (χ2v) is 11.4. The van der Waals surface area contributed by atoms with Crippen molar-refractivity contribution in [2.45, 2.75) is 64.3 Å². The lowest BCUT2D eigenvalue weighted by Crippen LogP contribution is -2.38. The first-order chi connectivity index (χ1) is 19.9. The molecular weight excluding hydrogens is 518 g/mol. The monoisotopic (exact) mass is 562 g/mol. The number of rotatable bonds is 10. The van der Waals surface area contributed by atoms with Crippen LogP contribution in [0.3, 0.4) is 0 Å². The number of likely N-dealkylation sites (tertiary alicyclic amines) is 1. The van der Waals surface area contributed by atoms with E-state index in [9.17, 15) is 13.6 Å². The second-order valence-electron chi connectivity index (χ2n) is 11.4. The van der Waals surface area contributed by atoms with Gasteiger partial charge in [-0.2, -0.15) is 0 Å². The Kier molecular flexibility index (Phi) is 11.3. The van der Waals surface area contributed by atoms with Gasteiger partial charge in [0.1, 0.15) is 0 Å². The molecule has 2 aliphatic rings. The molecule has 1 amide bonds. The highest BCUT2D eigenvalue weighted by Crippen LogP contribution is 2.41. The largest absolute Gasteiger partial charge is 0.397 e. The number of para-hydroxylation sites is 2. The zero-order valence-electron chi connectivity index (χ0n) is 24.3. The lowest BCUT2D eigenvalue weighted by atomic mass is 9.96. The summed E-state index contributed by atoms with van der Waals surface area (Å²) in [7, 11) is 0. The van der Waals surface area contributed by atoms with Crippen LogP contribution in [0.5, 0.6) is 0 Å². The third-order valence-corrected chi connectivity index (χ3v) is 7.90. The molecule has 1 aliphatic heterocycles. The molecule has 1 saturated heterocycles. The molecule has 1 aliphatic carbocycles. The average molecular weight is 563 g/mol. The Hall–Kier alpha value is -3.29. The van der Waals surface area contributed by atoms with Gasteiger partial charge in [-0.15, -0.1) is 0 Å². The number of hydrogen-bond donors (Lipinski definition) is 3. The summed E-state index contributed by atoms with van der Waals surface area (Å²) in [5, 5.41) is 6.51. The molecule has 3 aromatic rings. The van der Waals surface area contributed by atoms with Crippen LogP contribution in [-0.4, -0.2) is 43.0 Å². The van der Waals surface area contributed by atoms with Crippen LogP contribution in [0.2, 0.25) is 0 Å². The van der Waals surface area contributed by atoms with Crippen LogP contribution in [0, 0.1) is 17.6 Å².